The molecule has 3 heterocycles. The van der Waals surface area contributed by atoms with Crippen LogP contribution < -0.4 is 5.32 Å². The van der Waals surface area contributed by atoms with Crippen molar-refractivity contribution >= 4 is 23.1 Å². The van der Waals surface area contributed by atoms with E-state index in [1.807, 2.05) is 23.6 Å². The lowest BCUT2D eigenvalue weighted by Gasteiger charge is -2.34. The van der Waals surface area contributed by atoms with Crippen molar-refractivity contribution in [1.82, 2.24) is 24.4 Å². The number of hydrogen-bond acceptors (Lipinski definition) is 6. The van der Waals surface area contributed by atoms with E-state index in [4.69, 9.17) is 0 Å². The number of halogens is 1. The highest BCUT2D eigenvalue weighted by atomic mass is 19.1. The Hall–Kier alpha value is -3.84. The van der Waals surface area contributed by atoms with Gasteiger partial charge in [0.15, 0.2) is 5.65 Å². The van der Waals surface area contributed by atoms with E-state index in [1.165, 1.54) is 30.5 Å². The summed E-state index contributed by atoms with van der Waals surface area (Å²) in [7, 11) is 0. The van der Waals surface area contributed by atoms with Gasteiger partial charge in [-0.1, -0.05) is 0 Å². The zero-order valence-corrected chi connectivity index (χ0v) is 19.2. The fourth-order valence-corrected chi connectivity index (χ4v) is 4.23. The lowest BCUT2D eigenvalue weighted by atomic mass is 10.1. The molecule has 1 saturated heterocycles. The number of nitrogens with one attached hydrogen (secondary N) is 1. The first-order valence-electron chi connectivity index (χ1n) is 11.1. The molecular formula is C24H26FN7O2. The second kappa shape index (κ2) is 9.97. The monoisotopic (exact) mass is 463 g/mol. The van der Waals surface area contributed by atoms with Crippen molar-refractivity contribution in [2.75, 3.05) is 38.0 Å². The highest BCUT2D eigenvalue weighted by molar-refractivity contribution is 5.92. The number of carbonyl (C=O) groups is 2. The van der Waals surface area contributed by atoms with Gasteiger partial charge in [0.25, 0.3) is 0 Å². The Kier molecular flexibility index (Phi) is 6.84. The molecule has 1 aromatic carbocycles. The van der Waals surface area contributed by atoms with Gasteiger partial charge < -0.3 is 10.2 Å². The van der Waals surface area contributed by atoms with Gasteiger partial charge in [-0.25, -0.2) is 13.9 Å². The maximum atomic E-state index is 13.0. The van der Waals surface area contributed by atoms with E-state index in [0.29, 0.717) is 55.9 Å². The van der Waals surface area contributed by atoms with Crippen LogP contribution >= 0.6 is 0 Å². The molecule has 1 aliphatic heterocycles. The molecule has 0 atom stereocenters. The fraction of sp³-hybridized carbons (Fsp3) is 0.375. The van der Waals surface area contributed by atoms with E-state index in [9.17, 15) is 19.2 Å². The SMILES string of the molecule is Cc1nc2c(C#N)cnn2c(C)c1CCC(=O)N1CCN(CC(=O)Nc2ccc(F)cc2)CC1. The molecule has 3 aromatic rings. The average Bonchev–Trinajstić information content (AvgIpc) is 3.23. The van der Waals surface area contributed by atoms with Crippen LogP contribution in [0, 0.1) is 31.0 Å². The first-order valence-corrected chi connectivity index (χ1v) is 11.1. The van der Waals surface area contributed by atoms with Crippen molar-refractivity contribution in [3.8, 4) is 6.07 Å². The summed E-state index contributed by atoms with van der Waals surface area (Å²) >= 11 is 0. The maximum Gasteiger partial charge on any atom is 0.238 e. The quantitative estimate of drug-likeness (QED) is 0.600. The number of rotatable bonds is 6. The predicted octanol–water partition coefficient (Wildman–Crippen LogP) is 2.07. The number of nitriles is 1. The van der Waals surface area contributed by atoms with Gasteiger partial charge in [-0.3, -0.25) is 14.5 Å². The molecule has 0 bridgehead atoms. The standard InChI is InChI=1S/C24H26FN7O2/c1-16-21(17(2)32-24(28-16)18(13-26)14-27-32)7-8-23(34)31-11-9-30(10-12-31)15-22(33)29-20-5-3-19(25)4-6-20/h3-6,14H,7-12,15H2,1-2H3,(H,29,33). The molecule has 0 spiro atoms. The Labute approximate surface area is 196 Å². The number of hydrogen-bond donors (Lipinski definition) is 1. The number of amides is 2. The third-order valence-corrected chi connectivity index (χ3v) is 6.14. The lowest BCUT2D eigenvalue weighted by Crippen LogP contribution is -2.50. The fourth-order valence-electron chi connectivity index (χ4n) is 4.23. The van der Waals surface area contributed by atoms with Gasteiger partial charge in [0.2, 0.25) is 11.8 Å². The number of anilines is 1. The van der Waals surface area contributed by atoms with Crippen LogP contribution in [0.5, 0.6) is 0 Å². The van der Waals surface area contributed by atoms with E-state index >= 15 is 0 Å². The maximum absolute atomic E-state index is 13.0. The Bertz CT molecular complexity index is 1260. The summed E-state index contributed by atoms with van der Waals surface area (Å²) in [5.41, 5.74) is 4.16. The molecule has 0 saturated carbocycles. The summed E-state index contributed by atoms with van der Waals surface area (Å²) < 4.78 is 14.6. The molecule has 0 unspecified atom stereocenters. The first kappa shape index (κ1) is 23.3. The smallest absolute Gasteiger partial charge is 0.238 e. The largest absolute Gasteiger partial charge is 0.340 e. The summed E-state index contributed by atoms with van der Waals surface area (Å²) in [5, 5.41) is 16.2. The third-order valence-electron chi connectivity index (χ3n) is 6.14. The first-order chi connectivity index (χ1) is 16.4. The molecule has 10 heteroatoms. The van der Waals surface area contributed by atoms with Crippen molar-refractivity contribution in [3.05, 3.63) is 58.8 Å². The van der Waals surface area contributed by atoms with Gasteiger partial charge in [0.05, 0.1) is 12.7 Å². The Morgan fingerprint density at radius 3 is 2.53 bits per heavy atom. The van der Waals surface area contributed by atoms with Gasteiger partial charge in [-0.15, -0.1) is 0 Å². The van der Waals surface area contributed by atoms with Crippen LogP contribution in [0.1, 0.15) is 28.9 Å². The molecule has 1 aliphatic rings. The van der Waals surface area contributed by atoms with Crippen LogP contribution in [0.4, 0.5) is 10.1 Å². The Morgan fingerprint density at radius 2 is 1.85 bits per heavy atom. The highest BCUT2D eigenvalue weighted by Gasteiger charge is 2.23. The Morgan fingerprint density at radius 1 is 1.15 bits per heavy atom. The average molecular weight is 464 g/mol. The van der Waals surface area contributed by atoms with Gasteiger partial charge in [0, 0.05) is 49.7 Å². The molecule has 4 rings (SSSR count). The Balaban J connectivity index is 1.27. The summed E-state index contributed by atoms with van der Waals surface area (Å²) in [4.78, 5) is 33.4. The van der Waals surface area contributed by atoms with E-state index in [2.05, 4.69) is 21.5 Å². The zero-order valence-electron chi connectivity index (χ0n) is 19.2. The molecular weight excluding hydrogens is 437 g/mol. The topological polar surface area (TPSA) is 107 Å². The minimum atomic E-state index is -0.351. The molecule has 2 aromatic heterocycles. The van der Waals surface area contributed by atoms with E-state index < -0.39 is 0 Å². The van der Waals surface area contributed by atoms with E-state index in [-0.39, 0.29) is 24.2 Å². The molecule has 1 N–H and O–H groups in total. The highest BCUT2D eigenvalue weighted by Crippen LogP contribution is 2.19. The van der Waals surface area contributed by atoms with E-state index in [0.717, 1.165) is 17.0 Å². The van der Waals surface area contributed by atoms with Gasteiger partial charge >= 0.3 is 0 Å². The molecule has 2 amide bonds. The van der Waals surface area contributed by atoms with Crippen LogP contribution in [0.2, 0.25) is 0 Å². The molecule has 0 radical (unpaired) electrons. The van der Waals surface area contributed by atoms with E-state index in [1.54, 1.807) is 4.52 Å². The number of aromatic nitrogens is 3. The van der Waals surface area contributed by atoms with Crippen molar-refractivity contribution in [2.24, 2.45) is 0 Å². The van der Waals surface area contributed by atoms with Gasteiger partial charge in [0.1, 0.15) is 17.4 Å². The van der Waals surface area contributed by atoms with Crippen LogP contribution in [0.15, 0.2) is 30.5 Å². The molecule has 9 nitrogen and oxygen atoms in total. The van der Waals surface area contributed by atoms with Crippen LogP contribution in [-0.4, -0.2) is 68.9 Å². The summed E-state index contributed by atoms with van der Waals surface area (Å²) in [5.74, 6) is -0.457. The van der Waals surface area contributed by atoms with Gasteiger partial charge in [-0.05, 0) is 50.1 Å². The summed E-state index contributed by atoms with van der Waals surface area (Å²) in [6.45, 7) is 6.36. The van der Waals surface area contributed by atoms with Crippen LogP contribution in [-0.2, 0) is 16.0 Å². The van der Waals surface area contributed by atoms with Crippen molar-refractivity contribution in [1.29, 1.82) is 5.26 Å². The number of nitrogens with zero attached hydrogens (tertiary/aromatic N) is 6. The molecule has 176 valence electrons. The van der Waals surface area contributed by atoms with Crippen molar-refractivity contribution < 1.29 is 14.0 Å². The number of piperazine rings is 1. The van der Waals surface area contributed by atoms with Crippen LogP contribution in [0.3, 0.4) is 0 Å². The number of fused-ring (bicyclic) bond motifs is 1. The number of carbonyl (C=O) groups excluding carboxylic acids is 2. The van der Waals surface area contributed by atoms with Crippen molar-refractivity contribution in [2.45, 2.75) is 26.7 Å². The molecule has 0 aliphatic carbocycles. The number of benzene rings is 1. The second-order valence-corrected chi connectivity index (χ2v) is 8.38. The zero-order chi connectivity index (χ0) is 24.2. The van der Waals surface area contributed by atoms with Crippen LogP contribution in [0.25, 0.3) is 5.65 Å². The number of aryl methyl sites for hydroxylation is 2. The minimum absolute atomic E-state index is 0.0625. The second-order valence-electron chi connectivity index (χ2n) is 8.38. The summed E-state index contributed by atoms with van der Waals surface area (Å²) in [6.07, 6.45) is 2.40. The third kappa shape index (κ3) is 5.05. The lowest BCUT2D eigenvalue weighted by molar-refractivity contribution is -0.133. The molecule has 1 fully saturated rings. The predicted molar refractivity (Wildman–Crippen MR) is 124 cm³/mol. The minimum Gasteiger partial charge on any atom is -0.340 e. The normalized spacial score (nSPS) is 14.2. The molecule has 34 heavy (non-hydrogen) atoms. The summed E-state index contributed by atoms with van der Waals surface area (Å²) in [6, 6.07) is 7.75. The van der Waals surface area contributed by atoms with Crippen molar-refractivity contribution in [3.63, 3.8) is 0 Å². The van der Waals surface area contributed by atoms with Gasteiger partial charge in [-0.2, -0.15) is 10.4 Å².